The average molecular weight is 437 g/mol. The highest BCUT2D eigenvalue weighted by Crippen LogP contribution is 2.32. The molecular weight excluding hydrogens is 400 g/mol. The SMILES string of the molecule is CC.COC(=O)C1CC(N2CCCCC2)CN1C(=O)C(c1ccccc1)c1ccccc1. The number of hydrogen-bond donors (Lipinski definition) is 0. The fourth-order valence-corrected chi connectivity index (χ4v) is 4.90. The van der Waals surface area contributed by atoms with E-state index < -0.39 is 12.0 Å². The highest BCUT2D eigenvalue weighted by Gasteiger charge is 2.44. The van der Waals surface area contributed by atoms with Gasteiger partial charge in [0.1, 0.15) is 6.04 Å². The zero-order chi connectivity index (χ0) is 22.9. The van der Waals surface area contributed by atoms with Crippen molar-refractivity contribution in [3.05, 3.63) is 71.8 Å². The molecule has 0 radical (unpaired) electrons. The summed E-state index contributed by atoms with van der Waals surface area (Å²) < 4.78 is 5.09. The molecule has 2 aromatic carbocycles. The standard InChI is InChI=1S/C25H30N2O3.C2H6/c1-30-25(29)22-17-21(26-15-9-4-10-16-26)18-27(22)24(28)23(19-11-5-2-6-12-19)20-13-7-3-8-14-20;1-2/h2-3,5-8,11-14,21-23H,4,9-10,15-18H2,1H3;1-2H3. The third kappa shape index (κ3) is 5.39. The zero-order valence-electron chi connectivity index (χ0n) is 19.6. The topological polar surface area (TPSA) is 49.9 Å². The van der Waals surface area contributed by atoms with Gasteiger partial charge in [-0.3, -0.25) is 9.69 Å². The number of hydrogen-bond acceptors (Lipinski definition) is 4. The lowest BCUT2D eigenvalue weighted by Gasteiger charge is -2.32. The number of carbonyl (C=O) groups excluding carboxylic acids is 2. The zero-order valence-corrected chi connectivity index (χ0v) is 19.6. The molecule has 2 aliphatic rings. The molecule has 1 amide bonds. The van der Waals surface area contributed by atoms with Crippen LogP contribution in [0.3, 0.4) is 0 Å². The Labute approximate surface area is 192 Å². The Hall–Kier alpha value is -2.66. The molecule has 2 unspecified atom stereocenters. The Balaban J connectivity index is 0.00000141. The molecule has 0 saturated carbocycles. The molecule has 2 fully saturated rings. The molecule has 4 rings (SSSR count). The molecule has 2 saturated heterocycles. The van der Waals surface area contributed by atoms with Crippen molar-refractivity contribution >= 4 is 11.9 Å². The van der Waals surface area contributed by atoms with Crippen molar-refractivity contribution < 1.29 is 14.3 Å². The maximum absolute atomic E-state index is 13.9. The van der Waals surface area contributed by atoms with Crippen LogP contribution in [0.4, 0.5) is 0 Å². The molecule has 2 atom stereocenters. The van der Waals surface area contributed by atoms with Gasteiger partial charge in [0.05, 0.1) is 13.0 Å². The van der Waals surface area contributed by atoms with Crippen LogP contribution < -0.4 is 0 Å². The van der Waals surface area contributed by atoms with Crippen LogP contribution in [0.5, 0.6) is 0 Å². The number of ether oxygens (including phenoxy) is 1. The first-order valence-electron chi connectivity index (χ1n) is 11.9. The Morgan fingerprint density at radius 2 is 1.41 bits per heavy atom. The van der Waals surface area contributed by atoms with Crippen molar-refractivity contribution in [1.82, 2.24) is 9.80 Å². The number of carbonyl (C=O) groups is 2. The molecule has 0 bridgehead atoms. The van der Waals surface area contributed by atoms with Crippen LogP contribution in [0.15, 0.2) is 60.7 Å². The summed E-state index contributed by atoms with van der Waals surface area (Å²) in [5.74, 6) is -0.773. The fraction of sp³-hybridized carbons (Fsp3) is 0.481. The van der Waals surface area contributed by atoms with Gasteiger partial charge in [-0.1, -0.05) is 80.9 Å². The van der Waals surface area contributed by atoms with Gasteiger partial charge in [0.15, 0.2) is 0 Å². The van der Waals surface area contributed by atoms with Crippen molar-refractivity contribution in [1.29, 1.82) is 0 Å². The lowest BCUT2D eigenvalue weighted by atomic mass is 9.90. The highest BCUT2D eigenvalue weighted by atomic mass is 16.5. The smallest absolute Gasteiger partial charge is 0.328 e. The Morgan fingerprint density at radius 3 is 1.91 bits per heavy atom. The summed E-state index contributed by atoms with van der Waals surface area (Å²) in [6, 6.07) is 19.4. The molecule has 32 heavy (non-hydrogen) atoms. The molecule has 0 aliphatic carbocycles. The second kappa shape index (κ2) is 11.8. The van der Waals surface area contributed by atoms with Crippen LogP contribution in [0.1, 0.15) is 56.6 Å². The van der Waals surface area contributed by atoms with Gasteiger partial charge in [-0.05, 0) is 43.5 Å². The maximum atomic E-state index is 13.9. The van der Waals surface area contributed by atoms with Crippen LogP contribution in [0.25, 0.3) is 0 Å². The predicted octanol–water partition coefficient (Wildman–Crippen LogP) is 4.47. The number of piperidine rings is 1. The third-order valence-corrected chi connectivity index (χ3v) is 6.46. The predicted molar refractivity (Wildman–Crippen MR) is 127 cm³/mol. The molecule has 2 aromatic rings. The largest absolute Gasteiger partial charge is 0.467 e. The number of likely N-dealkylation sites (tertiary alicyclic amines) is 2. The summed E-state index contributed by atoms with van der Waals surface area (Å²) in [4.78, 5) is 30.7. The van der Waals surface area contributed by atoms with Gasteiger partial charge < -0.3 is 9.64 Å². The monoisotopic (exact) mass is 436 g/mol. The molecule has 2 aliphatic heterocycles. The minimum atomic E-state index is -0.524. The summed E-state index contributed by atoms with van der Waals surface area (Å²) >= 11 is 0. The molecule has 0 N–H and O–H groups in total. The van der Waals surface area contributed by atoms with Crippen molar-refractivity contribution in [2.45, 2.75) is 57.5 Å². The summed E-state index contributed by atoms with van der Waals surface area (Å²) in [7, 11) is 1.41. The molecule has 5 nitrogen and oxygen atoms in total. The Kier molecular flexibility index (Phi) is 8.86. The second-order valence-corrected chi connectivity index (χ2v) is 8.27. The molecular formula is C27H36N2O3. The van der Waals surface area contributed by atoms with E-state index in [0.717, 1.165) is 24.2 Å². The number of rotatable bonds is 5. The van der Waals surface area contributed by atoms with Crippen LogP contribution in [0.2, 0.25) is 0 Å². The molecule has 0 aromatic heterocycles. The van der Waals surface area contributed by atoms with E-state index in [0.29, 0.717) is 13.0 Å². The highest BCUT2D eigenvalue weighted by molar-refractivity contribution is 5.91. The third-order valence-electron chi connectivity index (χ3n) is 6.46. The quantitative estimate of drug-likeness (QED) is 0.649. The first-order chi connectivity index (χ1) is 15.7. The molecule has 0 spiro atoms. The van der Waals surface area contributed by atoms with E-state index in [1.807, 2.05) is 74.5 Å². The van der Waals surface area contributed by atoms with Gasteiger partial charge in [0.25, 0.3) is 0 Å². The number of esters is 1. The lowest BCUT2D eigenvalue weighted by molar-refractivity contribution is -0.151. The Morgan fingerprint density at radius 1 is 0.875 bits per heavy atom. The molecule has 2 heterocycles. The van der Waals surface area contributed by atoms with Gasteiger partial charge in [-0.25, -0.2) is 4.79 Å². The second-order valence-electron chi connectivity index (χ2n) is 8.27. The summed E-state index contributed by atoms with van der Waals surface area (Å²) in [5.41, 5.74) is 1.89. The van der Waals surface area contributed by atoms with Gasteiger partial charge in [0.2, 0.25) is 5.91 Å². The van der Waals surface area contributed by atoms with Crippen molar-refractivity contribution in [3.63, 3.8) is 0 Å². The first-order valence-corrected chi connectivity index (χ1v) is 11.9. The minimum absolute atomic E-state index is 0.0256. The van der Waals surface area contributed by atoms with E-state index in [2.05, 4.69) is 4.90 Å². The number of methoxy groups -OCH3 is 1. The lowest BCUT2D eigenvalue weighted by Crippen LogP contribution is -2.45. The normalized spacial score (nSPS) is 21.1. The molecule has 5 heteroatoms. The van der Waals surface area contributed by atoms with Crippen molar-refractivity contribution in [2.75, 3.05) is 26.7 Å². The molecule has 172 valence electrons. The summed E-state index contributed by atoms with van der Waals surface area (Å²) in [6.07, 6.45) is 4.28. The van der Waals surface area contributed by atoms with Crippen LogP contribution in [0, 0.1) is 0 Å². The Bertz CT molecular complexity index is 810. The average Bonchev–Trinajstić information content (AvgIpc) is 3.32. The van der Waals surface area contributed by atoms with Crippen LogP contribution >= 0.6 is 0 Å². The van der Waals surface area contributed by atoms with Gasteiger partial charge >= 0.3 is 5.97 Å². The van der Waals surface area contributed by atoms with Crippen LogP contribution in [-0.2, 0) is 14.3 Å². The number of nitrogens with zero attached hydrogens (tertiary/aromatic N) is 2. The summed E-state index contributed by atoms with van der Waals surface area (Å²) in [6.45, 7) is 6.66. The van der Waals surface area contributed by atoms with E-state index in [9.17, 15) is 9.59 Å². The van der Waals surface area contributed by atoms with E-state index in [1.165, 1.54) is 26.4 Å². The summed E-state index contributed by atoms with van der Waals surface area (Å²) in [5, 5.41) is 0. The van der Waals surface area contributed by atoms with Crippen LogP contribution in [-0.4, -0.2) is 60.5 Å². The van der Waals surface area contributed by atoms with E-state index >= 15 is 0 Å². The van der Waals surface area contributed by atoms with Gasteiger partial charge in [-0.15, -0.1) is 0 Å². The van der Waals surface area contributed by atoms with E-state index in [1.54, 1.807) is 4.90 Å². The van der Waals surface area contributed by atoms with Crippen molar-refractivity contribution in [3.8, 4) is 0 Å². The number of amides is 1. The fourth-order valence-electron chi connectivity index (χ4n) is 4.90. The van der Waals surface area contributed by atoms with Gasteiger partial charge in [-0.2, -0.15) is 0 Å². The first kappa shape index (κ1) is 24.0. The van der Waals surface area contributed by atoms with Gasteiger partial charge in [0, 0.05) is 12.6 Å². The number of benzene rings is 2. The maximum Gasteiger partial charge on any atom is 0.328 e. The van der Waals surface area contributed by atoms with E-state index in [-0.39, 0.29) is 17.9 Å². The van der Waals surface area contributed by atoms with Crippen molar-refractivity contribution in [2.24, 2.45) is 0 Å². The minimum Gasteiger partial charge on any atom is -0.467 e. The van der Waals surface area contributed by atoms with E-state index in [4.69, 9.17) is 4.74 Å².